The molecule has 64 valence electrons. The first-order valence-corrected chi connectivity index (χ1v) is 3.79. The fourth-order valence-corrected chi connectivity index (χ4v) is 1.48. The Hall–Kier alpha value is -0.610. The largest absolute Gasteiger partial charge is 0.481 e. The minimum atomic E-state index is -0.937. The van der Waals surface area contributed by atoms with Crippen LogP contribution in [0.2, 0.25) is 0 Å². The summed E-state index contributed by atoms with van der Waals surface area (Å²) in [6.07, 6.45) is 1.21. The molecule has 3 unspecified atom stereocenters. The Morgan fingerprint density at radius 2 is 2.09 bits per heavy atom. The van der Waals surface area contributed by atoms with Crippen LogP contribution in [0.3, 0.4) is 0 Å². The first kappa shape index (κ1) is 8.49. The van der Waals surface area contributed by atoms with Crippen LogP contribution in [0.5, 0.6) is 0 Å². The summed E-state index contributed by atoms with van der Waals surface area (Å²) in [5.74, 6) is -1.59. The van der Waals surface area contributed by atoms with Crippen molar-refractivity contribution in [1.29, 1.82) is 0 Å². The molecular weight excluding hydrogens is 146 g/mol. The summed E-state index contributed by atoms with van der Waals surface area (Å²) in [4.78, 5) is 10.5. The van der Waals surface area contributed by atoms with Crippen LogP contribution in [0.25, 0.3) is 0 Å². The van der Waals surface area contributed by atoms with Gasteiger partial charge in [-0.25, -0.2) is 0 Å². The Labute approximate surface area is 65.0 Å². The number of nitrogens with two attached hydrogens (primary N) is 1. The van der Waals surface area contributed by atoms with Gasteiger partial charge in [0.25, 0.3) is 0 Å². The number of rotatable bonds is 1. The van der Waals surface area contributed by atoms with Gasteiger partial charge in [-0.15, -0.1) is 0 Å². The molecule has 1 aliphatic rings. The monoisotopic (exact) mass is 159 g/mol. The molecule has 3 atom stereocenters. The average molecular weight is 159 g/mol. The van der Waals surface area contributed by atoms with E-state index in [9.17, 15) is 9.90 Å². The van der Waals surface area contributed by atoms with E-state index in [1.807, 2.05) is 0 Å². The molecule has 0 spiro atoms. The molecule has 0 amide bonds. The Balaban J connectivity index is 2.58. The van der Waals surface area contributed by atoms with Crippen LogP contribution in [0.15, 0.2) is 0 Å². The summed E-state index contributed by atoms with van der Waals surface area (Å²) < 4.78 is 0. The van der Waals surface area contributed by atoms with Gasteiger partial charge in [-0.3, -0.25) is 4.79 Å². The molecule has 1 aliphatic carbocycles. The third-order valence-corrected chi connectivity index (χ3v) is 2.22. The van der Waals surface area contributed by atoms with Crippen LogP contribution < -0.4 is 5.73 Å². The number of carbonyl (C=O) groups is 1. The lowest BCUT2D eigenvalue weighted by Crippen LogP contribution is -2.46. The summed E-state index contributed by atoms with van der Waals surface area (Å²) in [7, 11) is 0. The van der Waals surface area contributed by atoms with Gasteiger partial charge in [0.15, 0.2) is 0 Å². The van der Waals surface area contributed by atoms with E-state index in [1.54, 1.807) is 0 Å². The van der Waals surface area contributed by atoms with Crippen molar-refractivity contribution in [2.45, 2.75) is 31.4 Å². The van der Waals surface area contributed by atoms with Gasteiger partial charge in [0.2, 0.25) is 0 Å². The molecule has 0 bridgehead atoms. The van der Waals surface area contributed by atoms with Gasteiger partial charge in [-0.05, 0) is 12.8 Å². The Morgan fingerprint density at radius 3 is 2.55 bits per heavy atom. The Kier molecular flexibility index (Phi) is 2.46. The van der Waals surface area contributed by atoms with Crippen LogP contribution in [-0.4, -0.2) is 28.3 Å². The summed E-state index contributed by atoms with van der Waals surface area (Å²) in [6.45, 7) is 0. The van der Waals surface area contributed by atoms with Crippen molar-refractivity contribution in [3.05, 3.63) is 0 Å². The fraction of sp³-hybridized carbons (Fsp3) is 0.857. The van der Waals surface area contributed by atoms with Crippen molar-refractivity contribution < 1.29 is 15.0 Å². The van der Waals surface area contributed by atoms with Crippen molar-refractivity contribution in [2.24, 2.45) is 11.7 Å². The SMILES string of the molecule is NC1CCCC(C(=O)O)C1O. The highest BCUT2D eigenvalue weighted by Crippen LogP contribution is 2.23. The van der Waals surface area contributed by atoms with Crippen LogP contribution in [0.4, 0.5) is 0 Å². The molecule has 11 heavy (non-hydrogen) atoms. The highest BCUT2D eigenvalue weighted by molar-refractivity contribution is 5.70. The number of hydrogen-bond donors (Lipinski definition) is 3. The second-order valence-corrected chi connectivity index (χ2v) is 3.03. The maximum Gasteiger partial charge on any atom is 0.309 e. The van der Waals surface area contributed by atoms with Gasteiger partial charge >= 0.3 is 5.97 Å². The quantitative estimate of drug-likeness (QED) is 0.484. The lowest BCUT2D eigenvalue weighted by atomic mass is 9.83. The molecule has 0 heterocycles. The molecule has 1 rings (SSSR count). The van der Waals surface area contributed by atoms with Crippen molar-refractivity contribution in [3.63, 3.8) is 0 Å². The Morgan fingerprint density at radius 1 is 1.45 bits per heavy atom. The minimum absolute atomic E-state index is 0.357. The topological polar surface area (TPSA) is 83.6 Å². The molecule has 1 saturated carbocycles. The lowest BCUT2D eigenvalue weighted by molar-refractivity contribution is -0.147. The molecule has 4 N–H and O–H groups in total. The number of hydrogen-bond acceptors (Lipinski definition) is 3. The van der Waals surface area contributed by atoms with Gasteiger partial charge in [0.1, 0.15) is 0 Å². The third-order valence-electron chi connectivity index (χ3n) is 2.22. The van der Waals surface area contributed by atoms with Crippen molar-refractivity contribution in [2.75, 3.05) is 0 Å². The van der Waals surface area contributed by atoms with Crippen LogP contribution in [-0.2, 0) is 4.79 Å². The van der Waals surface area contributed by atoms with Gasteiger partial charge in [0.05, 0.1) is 12.0 Å². The van der Waals surface area contributed by atoms with E-state index < -0.39 is 18.0 Å². The molecule has 0 saturated heterocycles. The fourth-order valence-electron chi connectivity index (χ4n) is 1.48. The number of aliphatic carboxylic acids is 1. The number of aliphatic hydroxyl groups excluding tert-OH is 1. The molecule has 0 aliphatic heterocycles. The van der Waals surface area contributed by atoms with E-state index in [-0.39, 0.29) is 6.04 Å². The van der Waals surface area contributed by atoms with Crippen LogP contribution in [0.1, 0.15) is 19.3 Å². The van der Waals surface area contributed by atoms with Crippen molar-refractivity contribution in [3.8, 4) is 0 Å². The summed E-state index contributed by atoms with van der Waals surface area (Å²) in [5, 5.41) is 17.9. The van der Waals surface area contributed by atoms with Crippen molar-refractivity contribution in [1.82, 2.24) is 0 Å². The summed E-state index contributed by atoms with van der Waals surface area (Å²) in [5.41, 5.74) is 5.49. The zero-order valence-electron chi connectivity index (χ0n) is 6.23. The number of aliphatic hydroxyl groups is 1. The van der Waals surface area contributed by atoms with Crippen LogP contribution >= 0.6 is 0 Å². The average Bonchev–Trinajstić information content (AvgIpc) is 1.94. The molecule has 0 aromatic rings. The molecule has 1 fully saturated rings. The van der Waals surface area contributed by atoms with E-state index in [4.69, 9.17) is 10.8 Å². The van der Waals surface area contributed by atoms with Crippen molar-refractivity contribution >= 4 is 5.97 Å². The zero-order chi connectivity index (χ0) is 8.43. The summed E-state index contributed by atoms with van der Waals surface area (Å²) >= 11 is 0. The molecule has 0 aromatic heterocycles. The molecule has 4 nitrogen and oxygen atoms in total. The second-order valence-electron chi connectivity index (χ2n) is 3.03. The number of carboxylic acids is 1. The maximum absolute atomic E-state index is 10.5. The molecule has 0 radical (unpaired) electrons. The molecule has 4 heteroatoms. The smallest absolute Gasteiger partial charge is 0.309 e. The standard InChI is InChI=1S/C7H13NO3/c8-5-3-1-2-4(6(5)9)7(10)11/h4-6,9H,1-3,8H2,(H,10,11). The Bertz CT molecular complexity index is 160. The first-order valence-electron chi connectivity index (χ1n) is 3.79. The highest BCUT2D eigenvalue weighted by Gasteiger charge is 2.34. The van der Waals surface area contributed by atoms with E-state index in [1.165, 1.54) is 0 Å². The first-order chi connectivity index (χ1) is 5.13. The third kappa shape index (κ3) is 1.70. The van der Waals surface area contributed by atoms with E-state index in [0.29, 0.717) is 6.42 Å². The summed E-state index contributed by atoms with van der Waals surface area (Å²) in [6, 6.07) is -0.357. The van der Waals surface area contributed by atoms with E-state index >= 15 is 0 Å². The lowest BCUT2D eigenvalue weighted by Gasteiger charge is -2.29. The van der Waals surface area contributed by atoms with Gasteiger partial charge < -0.3 is 15.9 Å². The number of carboxylic acid groups (broad SMARTS) is 1. The zero-order valence-corrected chi connectivity index (χ0v) is 6.23. The minimum Gasteiger partial charge on any atom is -0.481 e. The van der Waals surface area contributed by atoms with E-state index in [2.05, 4.69) is 0 Å². The predicted octanol–water partition coefficient (Wildman–Crippen LogP) is -0.441. The van der Waals surface area contributed by atoms with Gasteiger partial charge in [-0.1, -0.05) is 6.42 Å². The van der Waals surface area contributed by atoms with E-state index in [0.717, 1.165) is 12.8 Å². The maximum atomic E-state index is 10.5. The molecule has 0 aromatic carbocycles. The highest BCUT2D eigenvalue weighted by atomic mass is 16.4. The normalized spacial score (nSPS) is 38.5. The second kappa shape index (κ2) is 3.19. The molecular formula is C7H13NO3. The van der Waals surface area contributed by atoms with Crippen LogP contribution in [0, 0.1) is 5.92 Å². The van der Waals surface area contributed by atoms with Gasteiger partial charge in [0, 0.05) is 6.04 Å². The predicted molar refractivity (Wildman–Crippen MR) is 39.0 cm³/mol. The van der Waals surface area contributed by atoms with Gasteiger partial charge in [-0.2, -0.15) is 0 Å².